The number of amides is 1. The van der Waals surface area contributed by atoms with Gasteiger partial charge in [0.25, 0.3) is 0 Å². The second-order valence-electron chi connectivity index (χ2n) is 3.90. The molecule has 1 aliphatic rings. The molecule has 1 saturated heterocycles. The molecule has 1 fully saturated rings. The Morgan fingerprint density at radius 3 is 2.69 bits per heavy atom. The van der Waals surface area contributed by atoms with Gasteiger partial charge in [-0.05, 0) is 19.3 Å². The van der Waals surface area contributed by atoms with Gasteiger partial charge in [-0.1, -0.05) is 20.3 Å². The van der Waals surface area contributed by atoms with Gasteiger partial charge in [0, 0.05) is 6.04 Å². The largest absolute Gasteiger partial charge is 0.352 e. The summed E-state index contributed by atoms with van der Waals surface area (Å²) in [5.41, 5.74) is 0. The Hall–Kier alpha value is -0.860. The zero-order valence-corrected chi connectivity index (χ0v) is 8.46. The van der Waals surface area contributed by atoms with Crippen molar-refractivity contribution in [3.05, 3.63) is 0 Å². The Morgan fingerprint density at radius 2 is 2.31 bits per heavy atom. The summed E-state index contributed by atoms with van der Waals surface area (Å²) in [6.45, 7) is 5.69. The second-order valence-corrected chi connectivity index (χ2v) is 3.90. The van der Waals surface area contributed by atoms with Crippen molar-refractivity contribution in [1.82, 2.24) is 5.32 Å². The minimum absolute atomic E-state index is 0.0108. The van der Waals surface area contributed by atoms with Crippen LogP contribution >= 0.6 is 0 Å². The lowest BCUT2D eigenvalue weighted by Crippen LogP contribution is -2.31. The Kier molecular flexibility index (Phi) is 3.07. The van der Waals surface area contributed by atoms with Crippen molar-refractivity contribution in [3.8, 4) is 0 Å². The zero-order chi connectivity index (χ0) is 10.0. The third kappa shape index (κ3) is 2.08. The standard InChI is InChI=1S/C10H17NO2/c1-4-6(2)9-5-8(7(3)12)10(13)11-9/h6,8-9H,4-5H2,1-3H3,(H,11,13). The van der Waals surface area contributed by atoms with Crippen LogP contribution in [-0.2, 0) is 9.59 Å². The predicted octanol–water partition coefficient (Wildman–Crippen LogP) is 1.13. The van der Waals surface area contributed by atoms with Crippen LogP contribution in [0.5, 0.6) is 0 Å². The summed E-state index contributed by atoms with van der Waals surface area (Å²) in [5, 5.41) is 2.88. The van der Waals surface area contributed by atoms with Crippen LogP contribution in [0.15, 0.2) is 0 Å². The van der Waals surface area contributed by atoms with E-state index in [-0.39, 0.29) is 23.7 Å². The van der Waals surface area contributed by atoms with Gasteiger partial charge in [-0.15, -0.1) is 0 Å². The first kappa shape index (κ1) is 10.2. The molecule has 3 heteroatoms. The molecule has 13 heavy (non-hydrogen) atoms. The van der Waals surface area contributed by atoms with E-state index in [4.69, 9.17) is 0 Å². The summed E-state index contributed by atoms with van der Waals surface area (Å²) >= 11 is 0. The van der Waals surface area contributed by atoms with Gasteiger partial charge in [-0.25, -0.2) is 0 Å². The average molecular weight is 183 g/mol. The quantitative estimate of drug-likeness (QED) is 0.666. The molecule has 1 N–H and O–H groups in total. The van der Waals surface area contributed by atoms with Gasteiger partial charge in [0.15, 0.2) is 0 Å². The minimum Gasteiger partial charge on any atom is -0.352 e. The first-order valence-corrected chi connectivity index (χ1v) is 4.87. The number of hydrogen-bond acceptors (Lipinski definition) is 2. The van der Waals surface area contributed by atoms with E-state index in [0.29, 0.717) is 12.3 Å². The first-order chi connectivity index (χ1) is 6.06. The second kappa shape index (κ2) is 3.90. The molecule has 0 bridgehead atoms. The van der Waals surface area contributed by atoms with E-state index in [2.05, 4.69) is 19.2 Å². The topological polar surface area (TPSA) is 46.2 Å². The number of nitrogens with one attached hydrogen (secondary N) is 1. The van der Waals surface area contributed by atoms with Gasteiger partial charge in [0.2, 0.25) is 5.91 Å². The fourth-order valence-corrected chi connectivity index (χ4v) is 1.71. The lowest BCUT2D eigenvalue weighted by molar-refractivity contribution is -0.130. The Morgan fingerprint density at radius 1 is 1.69 bits per heavy atom. The fraction of sp³-hybridized carbons (Fsp3) is 0.800. The van der Waals surface area contributed by atoms with E-state index < -0.39 is 0 Å². The van der Waals surface area contributed by atoms with Crippen LogP contribution in [0.1, 0.15) is 33.6 Å². The van der Waals surface area contributed by atoms with Crippen molar-refractivity contribution in [2.24, 2.45) is 11.8 Å². The number of rotatable bonds is 3. The highest BCUT2D eigenvalue weighted by Gasteiger charge is 2.36. The molecule has 1 heterocycles. The smallest absolute Gasteiger partial charge is 0.230 e. The van der Waals surface area contributed by atoms with Gasteiger partial charge >= 0.3 is 0 Å². The highest BCUT2D eigenvalue weighted by Crippen LogP contribution is 2.23. The Balaban J connectivity index is 2.60. The average Bonchev–Trinajstić information content (AvgIpc) is 2.46. The maximum atomic E-state index is 11.3. The number of carbonyl (C=O) groups is 2. The molecule has 0 radical (unpaired) electrons. The number of carbonyl (C=O) groups excluding carboxylic acids is 2. The summed E-state index contributed by atoms with van der Waals surface area (Å²) < 4.78 is 0. The monoisotopic (exact) mass is 183 g/mol. The molecule has 0 aromatic heterocycles. The molecule has 74 valence electrons. The molecule has 0 aliphatic carbocycles. The van der Waals surface area contributed by atoms with E-state index in [0.717, 1.165) is 6.42 Å². The molecule has 3 unspecified atom stereocenters. The van der Waals surface area contributed by atoms with Crippen molar-refractivity contribution >= 4 is 11.7 Å². The first-order valence-electron chi connectivity index (χ1n) is 4.87. The molecule has 0 saturated carbocycles. The van der Waals surface area contributed by atoms with Gasteiger partial charge in [0.1, 0.15) is 5.78 Å². The van der Waals surface area contributed by atoms with E-state index >= 15 is 0 Å². The van der Waals surface area contributed by atoms with Crippen LogP contribution in [0.2, 0.25) is 0 Å². The number of ketones is 1. The summed E-state index contributed by atoms with van der Waals surface area (Å²) in [4.78, 5) is 22.4. The van der Waals surface area contributed by atoms with Crippen LogP contribution < -0.4 is 5.32 Å². The molecule has 0 aromatic rings. The summed E-state index contributed by atoms with van der Waals surface area (Å²) in [5.74, 6) is -0.0200. The van der Waals surface area contributed by atoms with E-state index in [1.54, 1.807) is 0 Å². The van der Waals surface area contributed by atoms with Crippen molar-refractivity contribution in [3.63, 3.8) is 0 Å². The number of Topliss-reactive ketones (excluding diaryl/α,β-unsaturated/α-hetero) is 1. The minimum atomic E-state index is -0.390. The molecule has 3 nitrogen and oxygen atoms in total. The SMILES string of the molecule is CCC(C)C1CC(C(C)=O)C(=O)N1. The molecular weight excluding hydrogens is 166 g/mol. The highest BCUT2D eigenvalue weighted by molar-refractivity contribution is 6.01. The molecule has 3 atom stereocenters. The Bertz CT molecular complexity index is 225. The van der Waals surface area contributed by atoms with Crippen molar-refractivity contribution < 1.29 is 9.59 Å². The molecule has 0 aromatic carbocycles. The normalized spacial score (nSPS) is 29.9. The lowest BCUT2D eigenvalue weighted by atomic mass is 9.93. The fourth-order valence-electron chi connectivity index (χ4n) is 1.71. The lowest BCUT2D eigenvalue weighted by Gasteiger charge is -2.16. The van der Waals surface area contributed by atoms with E-state index in [9.17, 15) is 9.59 Å². The molecule has 1 amide bonds. The third-order valence-corrected chi connectivity index (χ3v) is 2.96. The van der Waals surface area contributed by atoms with Gasteiger partial charge < -0.3 is 5.32 Å². The number of hydrogen-bond donors (Lipinski definition) is 1. The van der Waals surface area contributed by atoms with Gasteiger partial charge in [-0.2, -0.15) is 0 Å². The van der Waals surface area contributed by atoms with Crippen LogP contribution in [-0.4, -0.2) is 17.7 Å². The van der Waals surface area contributed by atoms with Crippen LogP contribution in [0.3, 0.4) is 0 Å². The van der Waals surface area contributed by atoms with Crippen LogP contribution in [0.4, 0.5) is 0 Å². The van der Waals surface area contributed by atoms with Crippen molar-refractivity contribution in [2.75, 3.05) is 0 Å². The Labute approximate surface area is 78.9 Å². The highest BCUT2D eigenvalue weighted by atomic mass is 16.2. The van der Waals surface area contributed by atoms with E-state index in [1.807, 2.05) is 0 Å². The summed E-state index contributed by atoms with van der Waals surface area (Å²) in [6, 6.07) is 0.200. The molecule has 1 rings (SSSR count). The zero-order valence-electron chi connectivity index (χ0n) is 8.46. The maximum absolute atomic E-state index is 11.3. The maximum Gasteiger partial charge on any atom is 0.230 e. The van der Waals surface area contributed by atoms with Gasteiger partial charge in [0.05, 0.1) is 5.92 Å². The summed E-state index contributed by atoms with van der Waals surface area (Å²) in [7, 11) is 0. The summed E-state index contributed by atoms with van der Waals surface area (Å²) in [6.07, 6.45) is 1.72. The van der Waals surface area contributed by atoms with Crippen LogP contribution in [0.25, 0.3) is 0 Å². The van der Waals surface area contributed by atoms with Crippen LogP contribution in [0, 0.1) is 11.8 Å². The molecular formula is C10H17NO2. The van der Waals surface area contributed by atoms with Crippen molar-refractivity contribution in [1.29, 1.82) is 0 Å². The molecule has 0 spiro atoms. The van der Waals surface area contributed by atoms with Crippen molar-refractivity contribution in [2.45, 2.75) is 39.7 Å². The predicted molar refractivity (Wildman–Crippen MR) is 50.2 cm³/mol. The third-order valence-electron chi connectivity index (χ3n) is 2.96. The van der Waals surface area contributed by atoms with E-state index in [1.165, 1.54) is 6.92 Å². The van der Waals surface area contributed by atoms with Gasteiger partial charge in [-0.3, -0.25) is 9.59 Å². The molecule has 1 aliphatic heterocycles.